The highest BCUT2D eigenvalue weighted by molar-refractivity contribution is 5.69. The van der Waals surface area contributed by atoms with E-state index in [0.717, 1.165) is 19.4 Å². The average molecular weight is 286 g/mol. The molecule has 0 aliphatic carbocycles. The third-order valence-electron chi connectivity index (χ3n) is 3.59. The molecule has 4 heteroatoms. The fourth-order valence-corrected chi connectivity index (χ4v) is 2.78. The van der Waals surface area contributed by atoms with E-state index in [0.29, 0.717) is 18.8 Å². The highest BCUT2D eigenvalue weighted by Gasteiger charge is 2.33. The molecule has 4 nitrogen and oxygen atoms in total. The van der Waals surface area contributed by atoms with Crippen molar-refractivity contribution in [2.45, 2.75) is 71.5 Å². The van der Waals surface area contributed by atoms with Gasteiger partial charge in [-0.1, -0.05) is 0 Å². The fraction of sp³-hybridized carbons (Fsp3) is 0.938. The zero-order valence-corrected chi connectivity index (χ0v) is 13.6. The number of ether oxygens (including phenoxy) is 2. The van der Waals surface area contributed by atoms with Gasteiger partial charge in [0.15, 0.2) is 0 Å². The molecule has 20 heavy (non-hydrogen) atoms. The zero-order valence-electron chi connectivity index (χ0n) is 13.6. The van der Waals surface area contributed by atoms with E-state index < -0.39 is 5.60 Å². The summed E-state index contributed by atoms with van der Waals surface area (Å²) in [6.07, 6.45) is 3.00. The van der Waals surface area contributed by atoms with Gasteiger partial charge in [-0.3, -0.25) is 4.79 Å². The molecule has 0 saturated carbocycles. The molecule has 2 unspecified atom stereocenters. The van der Waals surface area contributed by atoms with E-state index in [1.165, 1.54) is 0 Å². The summed E-state index contributed by atoms with van der Waals surface area (Å²) >= 11 is 0. The second-order valence-corrected chi connectivity index (χ2v) is 7.55. The molecule has 1 N–H and O–H groups in total. The smallest absolute Gasteiger partial charge is 0.306 e. The van der Waals surface area contributed by atoms with Crippen molar-refractivity contribution in [2.24, 2.45) is 11.8 Å². The lowest BCUT2D eigenvalue weighted by Crippen LogP contribution is -2.24. The van der Waals surface area contributed by atoms with E-state index in [9.17, 15) is 9.90 Å². The first-order valence-electron chi connectivity index (χ1n) is 7.58. The number of aliphatic hydroxyl groups excluding tert-OH is 1. The topological polar surface area (TPSA) is 55.8 Å². The minimum Gasteiger partial charge on any atom is -0.460 e. The lowest BCUT2D eigenvalue weighted by molar-refractivity contribution is -0.155. The third kappa shape index (κ3) is 6.71. The summed E-state index contributed by atoms with van der Waals surface area (Å²) in [7, 11) is 0. The summed E-state index contributed by atoms with van der Waals surface area (Å²) < 4.78 is 11.0. The van der Waals surface area contributed by atoms with Crippen LogP contribution in [0.5, 0.6) is 0 Å². The Hall–Kier alpha value is -0.610. The number of rotatable bonds is 6. The molecule has 0 spiro atoms. The molecule has 1 aliphatic rings. The van der Waals surface area contributed by atoms with Crippen molar-refractivity contribution in [3.63, 3.8) is 0 Å². The average Bonchev–Trinajstić information content (AvgIpc) is 2.61. The number of carbonyl (C=O) groups is 1. The lowest BCUT2D eigenvalue weighted by atomic mass is 9.87. The van der Waals surface area contributed by atoms with Crippen LogP contribution in [0.3, 0.4) is 0 Å². The van der Waals surface area contributed by atoms with Crippen LogP contribution in [-0.2, 0) is 14.3 Å². The first-order valence-corrected chi connectivity index (χ1v) is 7.58. The van der Waals surface area contributed by atoms with Crippen LogP contribution in [0.4, 0.5) is 0 Å². The molecule has 0 radical (unpaired) electrons. The summed E-state index contributed by atoms with van der Waals surface area (Å²) in [6.45, 7) is 10.7. The van der Waals surface area contributed by atoms with Gasteiger partial charge in [0, 0.05) is 13.0 Å². The van der Waals surface area contributed by atoms with Gasteiger partial charge in [0.2, 0.25) is 0 Å². The van der Waals surface area contributed by atoms with Crippen molar-refractivity contribution in [3.8, 4) is 0 Å². The fourth-order valence-electron chi connectivity index (χ4n) is 2.78. The number of carbonyl (C=O) groups excluding carboxylic acids is 1. The van der Waals surface area contributed by atoms with Gasteiger partial charge in [0.05, 0.1) is 12.2 Å². The molecule has 1 aliphatic heterocycles. The molecule has 1 saturated heterocycles. The van der Waals surface area contributed by atoms with Gasteiger partial charge in [-0.25, -0.2) is 0 Å². The van der Waals surface area contributed by atoms with Crippen LogP contribution in [0.15, 0.2) is 0 Å². The van der Waals surface area contributed by atoms with Gasteiger partial charge in [-0.15, -0.1) is 0 Å². The van der Waals surface area contributed by atoms with E-state index in [1.807, 2.05) is 20.8 Å². The van der Waals surface area contributed by atoms with Crippen LogP contribution in [0.1, 0.15) is 60.3 Å². The van der Waals surface area contributed by atoms with Crippen LogP contribution in [0, 0.1) is 11.8 Å². The number of hydrogen-bond donors (Lipinski definition) is 1. The van der Waals surface area contributed by atoms with Crippen LogP contribution < -0.4 is 0 Å². The van der Waals surface area contributed by atoms with Gasteiger partial charge in [-0.05, 0) is 65.7 Å². The Morgan fingerprint density at radius 1 is 1.45 bits per heavy atom. The molecular weight excluding hydrogens is 256 g/mol. The maximum atomic E-state index is 11.7. The summed E-state index contributed by atoms with van der Waals surface area (Å²) in [5, 5.41) is 9.47. The second-order valence-electron chi connectivity index (χ2n) is 7.55. The first kappa shape index (κ1) is 17.4. The van der Waals surface area contributed by atoms with Crippen molar-refractivity contribution in [2.75, 3.05) is 13.2 Å². The SMILES string of the molecule is CC(C)(C)OC(=O)CCC(CO)CC1COC(C)(C)C1. The largest absolute Gasteiger partial charge is 0.460 e. The molecule has 0 amide bonds. The zero-order chi connectivity index (χ0) is 15.4. The second kappa shape index (κ2) is 6.90. The van der Waals surface area contributed by atoms with Crippen LogP contribution >= 0.6 is 0 Å². The summed E-state index contributed by atoms with van der Waals surface area (Å²) in [6, 6.07) is 0. The molecule has 0 aromatic rings. The maximum Gasteiger partial charge on any atom is 0.306 e. The molecule has 1 fully saturated rings. The van der Waals surface area contributed by atoms with E-state index in [4.69, 9.17) is 9.47 Å². The summed E-state index contributed by atoms with van der Waals surface area (Å²) in [4.78, 5) is 11.7. The Morgan fingerprint density at radius 3 is 2.55 bits per heavy atom. The van der Waals surface area contributed by atoms with Gasteiger partial charge in [0.25, 0.3) is 0 Å². The first-order chi connectivity index (χ1) is 9.11. The minimum absolute atomic E-state index is 0.0458. The van der Waals surface area contributed by atoms with Crippen molar-refractivity contribution >= 4 is 5.97 Å². The Bertz CT molecular complexity index is 317. The quantitative estimate of drug-likeness (QED) is 0.763. The van der Waals surface area contributed by atoms with Gasteiger partial charge in [0.1, 0.15) is 5.60 Å². The van der Waals surface area contributed by atoms with E-state index in [1.54, 1.807) is 0 Å². The molecule has 0 aromatic carbocycles. The summed E-state index contributed by atoms with van der Waals surface area (Å²) in [5.41, 5.74) is -0.481. The minimum atomic E-state index is -0.435. The predicted molar refractivity (Wildman–Crippen MR) is 78.4 cm³/mol. The summed E-state index contributed by atoms with van der Waals surface area (Å²) in [5.74, 6) is 0.463. The van der Waals surface area contributed by atoms with Crippen molar-refractivity contribution in [1.29, 1.82) is 0 Å². The number of esters is 1. The molecule has 1 heterocycles. The Labute approximate surface area is 122 Å². The predicted octanol–water partition coefficient (Wildman–Crippen LogP) is 2.92. The van der Waals surface area contributed by atoms with Crippen LogP contribution in [0.25, 0.3) is 0 Å². The highest BCUT2D eigenvalue weighted by atomic mass is 16.6. The van der Waals surface area contributed by atoms with Crippen LogP contribution in [0.2, 0.25) is 0 Å². The molecule has 118 valence electrons. The molecule has 0 aromatic heterocycles. The van der Waals surface area contributed by atoms with Crippen molar-refractivity contribution in [1.82, 2.24) is 0 Å². The molecule has 0 bridgehead atoms. The molecular formula is C16H30O4. The van der Waals surface area contributed by atoms with Gasteiger partial charge in [-0.2, -0.15) is 0 Å². The normalized spacial score (nSPS) is 23.6. The maximum absolute atomic E-state index is 11.7. The molecule has 2 atom stereocenters. The molecule has 1 rings (SSSR count). The Balaban J connectivity index is 2.31. The monoisotopic (exact) mass is 286 g/mol. The van der Waals surface area contributed by atoms with Crippen molar-refractivity contribution < 1.29 is 19.4 Å². The van der Waals surface area contributed by atoms with Crippen LogP contribution in [-0.4, -0.2) is 35.5 Å². The Morgan fingerprint density at radius 2 is 2.10 bits per heavy atom. The van der Waals surface area contributed by atoms with E-state index >= 15 is 0 Å². The van der Waals surface area contributed by atoms with E-state index in [-0.39, 0.29) is 24.1 Å². The van der Waals surface area contributed by atoms with Crippen molar-refractivity contribution in [3.05, 3.63) is 0 Å². The number of hydrogen-bond acceptors (Lipinski definition) is 4. The highest BCUT2D eigenvalue weighted by Crippen LogP contribution is 2.33. The third-order valence-corrected chi connectivity index (χ3v) is 3.59. The van der Waals surface area contributed by atoms with Gasteiger partial charge < -0.3 is 14.6 Å². The number of aliphatic hydroxyl groups is 1. The Kier molecular flexibility index (Phi) is 6.02. The standard InChI is InChI=1S/C16H30O4/c1-15(2,3)20-14(18)7-6-12(10-17)8-13-9-16(4,5)19-11-13/h12-13,17H,6-11H2,1-5H3. The lowest BCUT2D eigenvalue weighted by Gasteiger charge is -2.21. The van der Waals surface area contributed by atoms with Gasteiger partial charge >= 0.3 is 5.97 Å². The van der Waals surface area contributed by atoms with E-state index in [2.05, 4.69) is 13.8 Å².